The molecule has 0 aromatic heterocycles. The predicted molar refractivity (Wildman–Crippen MR) is 99.0 cm³/mol. The Kier molecular flexibility index (Phi) is 5.80. The normalized spacial score (nSPS) is 20.8. The highest BCUT2D eigenvalue weighted by Gasteiger charge is 2.21. The number of halogens is 1. The SMILES string of the molecule is CCOc1ccc(Cc2cc(C3CCC[C@@H](C)O3)ccc2Cl)cc1. The van der Waals surface area contributed by atoms with Crippen molar-refractivity contribution in [1.82, 2.24) is 0 Å². The van der Waals surface area contributed by atoms with Crippen LogP contribution in [-0.4, -0.2) is 12.7 Å². The molecule has 0 aliphatic carbocycles. The first-order chi connectivity index (χ1) is 11.7. The van der Waals surface area contributed by atoms with Crippen molar-refractivity contribution in [1.29, 1.82) is 0 Å². The van der Waals surface area contributed by atoms with Gasteiger partial charge in [-0.15, -0.1) is 0 Å². The second kappa shape index (κ2) is 8.04. The fourth-order valence-corrected chi connectivity index (χ4v) is 3.46. The number of benzene rings is 2. The molecule has 2 aromatic carbocycles. The molecule has 3 rings (SSSR count). The number of hydrogen-bond donors (Lipinski definition) is 0. The molecule has 1 aliphatic heterocycles. The van der Waals surface area contributed by atoms with E-state index in [0.29, 0.717) is 12.7 Å². The monoisotopic (exact) mass is 344 g/mol. The predicted octanol–water partition coefficient (Wildman–Crippen LogP) is 5.96. The Morgan fingerprint density at radius 3 is 2.62 bits per heavy atom. The molecule has 0 N–H and O–H groups in total. The highest BCUT2D eigenvalue weighted by atomic mass is 35.5. The van der Waals surface area contributed by atoms with E-state index in [0.717, 1.165) is 35.6 Å². The fraction of sp³-hybridized carbons (Fsp3) is 0.429. The number of ether oxygens (including phenoxy) is 2. The molecule has 24 heavy (non-hydrogen) atoms. The second-order valence-electron chi connectivity index (χ2n) is 6.47. The van der Waals surface area contributed by atoms with Crippen LogP contribution in [0.5, 0.6) is 5.75 Å². The molecule has 2 nitrogen and oxygen atoms in total. The highest BCUT2D eigenvalue weighted by Crippen LogP contribution is 2.33. The molecule has 3 heteroatoms. The lowest BCUT2D eigenvalue weighted by Gasteiger charge is -2.28. The van der Waals surface area contributed by atoms with Crippen molar-refractivity contribution in [2.45, 2.75) is 51.7 Å². The van der Waals surface area contributed by atoms with Gasteiger partial charge in [0.25, 0.3) is 0 Å². The molecule has 1 unspecified atom stereocenters. The summed E-state index contributed by atoms with van der Waals surface area (Å²) in [6.45, 7) is 4.84. The van der Waals surface area contributed by atoms with Crippen LogP contribution in [0.25, 0.3) is 0 Å². The summed E-state index contributed by atoms with van der Waals surface area (Å²) in [5, 5.41) is 0.816. The molecule has 0 amide bonds. The van der Waals surface area contributed by atoms with E-state index in [2.05, 4.69) is 31.2 Å². The van der Waals surface area contributed by atoms with E-state index in [1.165, 1.54) is 17.5 Å². The van der Waals surface area contributed by atoms with E-state index in [-0.39, 0.29) is 6.10 Å². The van der Waals surface area contributed by atoms with Crippen LogP contribution in [0.3, 0.4) is 0 Å². The molecule has 1 aliphatic rings. The number of hydrogen-bond acceptors (Lipinski definition) is 2. The van der Waals surface area contributed by atoms with Gasteiger partial charge in [0.05, 0.1) is 18.8 Å². The summed E-state index contributed by atoms with van der Waals surface area (Å²) in [7, 11) is 0. The molecule has 128 valence electrons. The Hall–Kier alpha value is -1.51. The van der Waals surface area contributed by atoms with E-state index < -0.39 is 0 Å². The standard InChI is InChI=1S/C21H25ClO2/c1-3-23-19-10-7-16(8-11-19)13-18-14-17(9-12-20(18)22)21-6-4-5-15(2)24-21/h7-12,14-15,21H,3-6,13H2,1-2H3/t15-,21?/m1/s1. The maximum Gasteiger partial charge on any atom is 0.119 e. The molecule has 1 saturated heterocycles. The van der Waals surface area contributed by atoms with Gasteiger partial charge >= 0.3 is 0 Å². The van der Waals surface area contributed by atoms with Crippen LogP contribution in [0.15, 0.2) is 42.5 Å². The van der Waals surface area contributed by atoms with Crippen LogP contribution >= 0.6 is 11.6 Å². The summed E-state index contributed by atoms with van der Waals surface area (Å²) in [5.74, 6) is 0.908. The summed E-state index contributed by atoms with van der Waals surface area (Å²) < 4.78 is 11.6. The van der Waals surface area contributed by atoms with E-state index in [4.69, 9.17) is 21.1 Å². The summed E-state index contributed by atoms with van der Waals surface area (Å²) in [5.41, 5.74) is 3.63. The van der Waals surface area contributed by atoms with E-state index in [1.807, 2.05) is 25.1 Å². The molecule has 0 radical (unpaired) electrons. The Morgan fingerprint density at radius 1 is 1.12 bits per heavy atom. The van der Waals surface area contributed by atoms with E-state index >= 15 is 0 Å². The molecule has 0 bridgehead atoms. The van der Waals surface area contributed by atoms with Gasteiger partial charge in [-0.25, -0.2) is 0 Å². The van der Waals surface area contributed by atoms with Gasteiger partial charge in [0, 0.05) is 5.02 Å². The lowest BCUT2D eigenvalue weighted by molar-refractivity contribution is -0.0414. The third-order valence-electron chi connectivity index (χ3n) is 4.54. The van der Waals surface area contributed by atoms with Crippen LogP contribution < -0.4 is 4.74 Å². The van der Waals surface area contributed by atoms with Crippen molar-refractivity contribution in [3.63, 3.8) is 0 Å². The van der Waals surface area contributed by atoms with Gasteiger partial charge in [-0.1, -0.05) is 35.9 Å². The van der Waals surface area contributed by atoms with Crippen molar-refractivity contribution in [3.8, 4) is 5.75 Å². The Balaban J connectivity index is 1.76. The summed E-state index contributed by atoms with van der Waals surface area (Å²) >= 11 is 6.43. The molecule has 1 fully saturated rings. The van der Waals surface area contributed by atoms with Gasteiger partial charge in [-0.05, 0) is 74.4 Å². The van der Waals surface area contributed by atoms with E-state index in [9.17, 15) is 0 Å². The maximum absolute atomic E-state index is 6.43. The lowest BCUT2D eigenvalue weighted by Crippen LogP contribution is -2.19. The van der Waals surface area contributed by atoms with Crippen molar-refractivity contribution in [2.24, 2.45) is 0 Å². The second-order valence-corrected chi connectivity index (χ2v) is 6.88. The zero-order valence-corrected chi connectivity index (χ0v) is 15.2. The van der Waals surface area contributed by atoms with E-state index in [1.54, 1.807) is 0 Å². The summed E-state index contributed by atoms with van der Waals surface area (Å²) in [6, 6.07) is 14.6. The Bertz CT molecular complexity index is 666. The topological polar surface area (TPSA) is 18.5 Å². The first kappa shape index (κ1) is 17.3. The Labute approximate surface area is 149 Å². The van der Waals surface area contributed by atoms with Crippen molar-refractivity contribution in [2.75, 3.05) is 6.61 Å². The van der Waals surface area contributed by atoms with Gasteiger partial charge in [0.1, 0.15) is 5.75 Å². The first-order valence-electron chi connectivity index (χ1n) is 8.81. The molecule has 0 spiro atoms. The van der Waals surface area contributed by atoms with Crippen molar-refractivity contribution in [3.05, 3.63) is 64.2 Å². The van der Waals surface area contributed by atoms with Crippen LogP contribution in [0.1, 0.15) is 55.9 Å². The largest absolute Gasteiger partial charge is 0.494 e. The highest BCUT2D eigenvalue weighted by molar-refractivity contribution is 6.31. The van der Waals surface area contributed by atoms with Gasteiger partial charge in [0.2, 0.25) is 0 Å². The summed E-state index contributed by atoms with van der Waals surface area (Å²) in [4.78, 5) is 0. The van der Waals surface area contributed by atoms with Gasteiger partial charge < -0.3 is 9.47 Å². The molecule has 2 atom stereocenters. The smallest absolute Gasteiger partial charge is 0.119 e. The maximum atomic E-state index is 6.43. The zero-order valence-electron chi connectivity index (χ0n) is 14.4. The summed E-state index contributed by atoms with van der Waals surface area (Å²) in [6.07, 6.45) is 4.83. The average Bonchev–Trinajstić information content (AvgIpc) is 2.59. The average molecular weight is 345 g/mol. The lowest BCUT2D eigenvalue weighted by atomic mass is 9.95. The van der Waals surface area contributed by atoms with Crippen molar-refractivity contribution < 1.29 is 9.47 Å². The van der Waals surface area contributed by atoms with Gasteiger partial charge in [-0.2, -0.15) is 0 Å². The number of rotatable bonds is 5. The molecular weight excluding hydrogens is 320 g/mol. The first-order valence-corrected chi connectivity index (χ1v) is 9.19. The minimum absolute atomic E-state index is 0.199. The molecule has 1 heterocycles. The van der Waals surface area contributed by atoms with Crippen LogP contribution in [0.2, 0.25) is 5.02 Å². The van der Waals surface area contributed by atoms with Crippen LogP contribution in [0, 0.1) is 0 Å². The molecular formula is C21H25ClO2. The van der Waals surface area contributed by atoms with Crippen LogP contribution in [0.4, 0.5) is 0 Å². The van der Waals surface area contributed by atoms with Gasteiger partial charge in [0.15, 0.2) is 0 Å². The minimum Gasteiger partial charge on any atom is -0.494 e. The zero-order chi connectivity index (χ0) is 16.9. The fourth-order valence-electron chi connectivity index (χ4n) is 3.27. The molecule has 0 saturated carbocycles. The van der Waals surface area contributed by atoms with Crippen molar-refractivity contribution >= 4 is 11.6 Å². The quantitative estimate of drug-likeness (QED) is 0.666. The Morgan fingerprint density at radius 2 is 1.92 bits per heavy atom. The molecule has 2 aromatic rings. The van der Waals surface area contributed by atoms with Crippen LogP contribution in [-0.2, 0) is 11.2 Å². The van der Waals surface area contributed by atoms with Gasteiger partial charge in [-0.3, -0.25) is 0 Å². The third kappa shape index (κ3) is 4.31. The minimum atomic E-state index is 0.199. The third-order valence-corrected chi connectivity index (χ3v) is 4.91.